The van der Waals surface area contributed by atoms with Gasteiger partial charge in [-0.15, -0.1) is 46.7 Å². The van der Waals surface area contributed by atoms with Gasteiger partial charge in [0.15, 0.2) is 4.94 Å². The first-order valence-electron chi connectivity index (χ1n) is 4.29. The van der Waals surface area contributed by atoms with Gasteiger partial charge in [0, 0.05) is 4.86 Å². The van der Waals surface area contributed by atoms with Gasteiger partial charge in [-0.05, 0) is 4.84 Å². The maximum Gasteiger partial charge on any atom is 0.299 e. The van der Waals surface area contributed by atoms with E-state index >= 15 is 0 Å². The third-order valence-corrected chi connectivity index (χ3v) is 1.01. The second kappa shape index (κ2) is 5.16. The van der Waals surface area contributed by atoms with Crippen LogP contribution in [0.25, 0.3) is 0 Å². The Morgan fingerprint density at radius 2 is 1.22 bits per heavy atom. The Bertz CT molecular complexity index is 243. The van der Waals surface area contributed by atoms with Crippen LogP contribution >= 0.6 is 0 Å². The molecule has 0 amide bonds. The zero-order valence-corrected chi connectivity index (χ0v) is 9.92. The van der Waals surface area contributed by atoms with Crippen molar-refractivity contribution in [1.82, 2.24) is 0 Å². The van der Waals surface area contributed by atoms with Gasteiger partial charge in [-0.2, -0.15) is 0 Å². The first-order chi connectivity index (χ1) is 7.62. The molecule has 0 aromatic carbocycles. The summed E-state index contributed by atoms with van der Waals surface area (Å²) in [6.45, 7) is -0.601. The fourth-order valence-corrected chi connectivity index (χ4v) is 0.685. The van der Waals surface area contributed by atoms with Crippen LogP contribution in [0.15, 0.2) is 0 Å². The first-order valence-corrected chi connectivity index (χ1v) is 4.29. The molecule has 0 aliphatic heterocycles. The fourth-order valence-electron chi connectivity index (χ4n) is 0.685. The highest BCUT2D eigenvalue weighted by molar-refractivity contribution is 3.82. The lowest BCUT2D eigenvalue weighted by atomic mass is 11.2. The number of rotatable bonds is 7. The predicted octanol–water partition coefficient (Wildman–Crippen LogP) is -6.67. The monoisotopic (exact) mass is 277 g/mol. The van der Waals surface area contributed by atoms with Crippen molar-refractivity contribution in [1.29, 1.82) is 0 Å². The minimum Gasteiger partial charge on any atom is -0.139 e. The van der Waals surface area contributed by atoms with Gasteiger partial charge in [-0.3, -0.25) is 0 Å². The predicted molar refractivity (Wildman–Crippen MR) is 52.8 cm³/mol. The molecule has 0 bridgehead atoms. The van der Waals surface area contributed by atoms with Crippen LogP contribution in [0.3, 0.4) is 0 Å². The Morgan fingerprint density at radius 3 is 1.50 bits per heavy atom. The molecule has 110 valence electrons. The number of hydrogen-bond acceptors (Lipinski definition) is 12. The van der Waals surface area contributed by atoms with Crippen molar-refractivity contribution >= 4 is 0 Å². The van der Waals surface area contributed by atoms with Gasteiger partial charge < -0.3 is 0 Å². The minimum absolute atomic E-state index is 0.601. The molecule has 0 heterocycles. The summed E-state index contributed by atoms with van der Waals surface area (Å²) in [6, 6.07) is 0. The largest absolute Gasteiger partial charge is 0.299 e. The number of hydrogen-bond donors (Lipinski definition) is 9. The molecular formula is C2H23N13O3+4. The molecule has 16 nitrogen and oxygen atoms in total. The molecule has 0 aliphatic rings. The second-order valence-electron chi connectivity index (χ2n) is 3.78. The van der Waals surface area contributed by atoms with Gasteiger partial charge in [0.1, 0.15) is 12.0 Å². The van der Waals surface area contributed by atoms with Crippen molar-refractivity contribution in [3.63, 3.8) is 0 Å². The zero-order valence-electron chi connectivity index (χ0n) is 9.92. The molecule has 18 N–H and O–H groups in total. The van der Waals surface area contributed by atoms with Crippen molar-refractivity contribution in [3.8, 4) is 0 Å². The van der Waals surface area contributed by atoms with Crippen LogP contribution in [0, 0.1) is 0 Å². The number of nitrogens with two attached hydrogens (primary N) is 9. The number of quaternary nitrogens is 4. The van der Waals surface area contributed by atoms with Crippen molar-refractivity contribution in [2.24, 2.45) is 52.6 Å². The molecule has 0 radical (unpaired) electrons. The lowest BCUT2D eigenvalue weighted by Gasteiger charge is -2.27. The summed E-state index contributed by atoms with van der Waals surface area (Å²) < 4.78 is 0. The van der Waals surface area contributed by atoms with E-state index in [0.29, 0.717) is 0 Å². The molecular weight excluding hydrogens is 254 g/mol. The van der Waals surface area contributed by atoms with E-state index in [0.717, 1.165) is 0 Å². The summed E-state index contributed by atoms with van der Waals surface area (Å²) in [5.41, 5.74) is 0. The maximum atomic E-state index is 5.44. The fraction of sp³-hybridized carbons (Fsp3) is 1.00. The minimum atomic E-state index is -1.74. The van der Waals surface area contributed by atoms with Crippen molar-refractivity contribution in [2.45, 2.75) is 0 Å². The van der Waals surface area contributed by atoms with E-state index in [1.807, 2.05) is 0 Å². The molecule has 0 rings (SSSR count). The van der Waals surface area contributed by atoms with E-state index in [2.05, 4.69) is 4.94 Å². The van der Waals surface area contributed by atoms with Crippen molar-refractivity contribution < 1.29 is 34.4 Å². The summed E-state index contributed by atoms with van der Waals surface area (Å²) in [5.74, 6) is 46.9. The molecule has 0 fully saturated rings. The lowest BCUT2D eigenvalue weighted by Crippen LogP contribution is -2.78. The van der Waals surface area contributed by atoms with Gasteiger partial charge in [-0.25, -0.2) is 0 Å². The molecule has 0 aromatic rings. The van der Waals surface area contributed by atoms with E-state index in [4.69, 9.17) is 62.4 Å². The first kappa shape index (κ1) is 17.4. The van der Waals surface area contributed by atoms with Gasteiger partial charge in [0.05, 0.1) is 4.97 Å². The van der Waals surface area contributed by atoms with Gasteiger partial charge in [-0.1, -0.05) is 10.7 Å². The van der Waals surface area contributed by atoms with Crippen LogP contribution < -0.4 is 52.6 Å². The van der Waals surface area contributed by atoms with E-state index < -0.39 is 26.5 Å². The molecule has 18 heavy (non-hydrogen) atoms. The highest BCUT2D eigenvalue weighted by Crippen LogP contribution is 2.08. The smallest absolute Gasteiger partial charge is 0.139 e. The standard InChI is InChI=1S/C2H23N13O3/c1-12(3,4)17-15(11,18-14(8,9)10)16-2-13(5,6)7/h2-11H2,1H3/q+4. The summed E-state index contributed by atoms with van der Waals surface area (Å²) in [6.07, 6.45) is 0. The van der Waals surface area contributed by atoms with E-state index in [-0.39, 0.29) is 0 Å². The van der Waals surface area contributed by atoms with Crippen molar-refractivity contribution in [3.05, 3.63) is 0 Å². The Kier molecular flexibility index (Phi) is 4.97. The number of nitrogens with zero attached hydrogens (tertiary/aromatic N) is 4. The van der Waals surface area contributed by atoms with Gasteiger partial charge in [0.2, 0.25) is 0 Å². The summed E-state index contributed by atoms with van der Waals surface area (Å²) in [7, 11) is 1.17. The van der Waals surface area contributed by atoms with Crippen LogP contribution in [0.5, 0.6) is 0 Å². The maximum absolute atomic E-state index is 5.44. The van der Waals surface area contributed by atoms with E-state index in [1.165, 1.54) is 7.05 Å². The normalized spacial score (nSPS) is 17.7. The van der Waals surface area contributed by atoms with Crippen molar-refractivity contribution in [2.75, 3.05) is 13.8 Å². The molecule has 1 unspecified atom stereocenters. The average Bonchev–Trinajstić information content (AvgIpc) is 1.91. The SMILES string of the molecule is C[N+](N)(N)O[N+](N)(OC[N+](N)(N)N)O[N+](N)(N)N. The molecule has 0 aromatic heterocycles. The lowest BCUT2D eigenvalue weighted by molar-refractivity contribution is -1.58. The Hall–Kier alpha value is -0.640. The summed E-state index contributed by atoms with van der Waals surface area (Å²) in [5, 5.41) is -1.74. The van der Waals surface area contributed by atoms with Crippen LogP contribution in [-0.4, -0.2) is 33.5 Å². The number of hydroxylamine groups is 1. The third-order valence-electron chi connectivity index (χ3n) is 1.01. The van der Waals surface area contributed by atoms with Crippen LogP contribution in [0.4, 0.5) is 0 Å². The molecule has 0 saturated carbocycles. The van der Waals surface area contributed by atoms with E-state index in [1.54, 1.807) is 0 Å². The third kappa shape index (κ3) is 9.40. The molecule has 0 saturated heterocycles. The topological polar surface area (TPSA) is 262 Å². The molecule has 16 heteroatoms. The van der Waals surface area contributed by atoms with Gasteiger partial charge in [0.25, 0.3) is 11.8 Å². The van der Waals surface area contributed by atoms with Crippen LogP contribution in [-0.2, 0) is 14.7 Å². The Morgan fingerprint density at radius 1 is 0.778 bits per heavy atom. The summed E-state index contributed by atoms with van der Waals surface area (Å²) in [4.78, 5) is 10.2. The quantitative estimate of drug-likeness (QED) is 0.0909. The van der Waals surface area contributed by atoms with Gasteiger partial charge >= 0.3 is 0 Å². The van der Waals surface area contributed by atoms with Crippen LogP contribution in [0.1, 0.15) is 0 Å². The Balaban J connectivity index is 4.81. The molecule has 1 atom stereocenters. The molecule has 0 spiro atoms. The highest BCUT2D eigenvalue weighted by atomic mass is 17.3. The van der Waals surface area contributed by atoms with E-state index in [9.17, 15) is 0 Å². The molecule has 0 aliphatic carbocycles. The zero-order chi connectivity index (χ0) is 14.8. The highest BCUT2D eigenvalue weighted by Gasteiger charge is 2.51. The Labute approximate surface area is 102 Å². The van der Waals surface area contributed by atoms with Crippen LogP contribution in [0.2, 0.25) is 0 Å². The summed E-state index contributed by atoms with van der Waals surface area (Å²) >= 11 is 0. The second-order valence-corrected chi connectivity index (χ2v) is 3.78. The average molecular weight is 277 g/mol.